The summed E-state index contributed by atoms with van der Waals surface area (Å²) in [5, 5.41) is 121. The number of hydrogen-bond acceptors (Lipinski definition) is 18. The second kappa shape index (κ2) is 68.2. The number of hydrogen-bond donors (Lipinski definition) is 12. The number of aliphatic hydroxyl groups is 11. The van der Waals surface area contributed by atoms with Gasteiger partial charge in [0.05, 0.1) is 38.6 Å². The smallest absolute Gasteiger partial charge is 0.220 e. The van der Waals surface area contributed by atoms with Gasteiger partial charge in [-0.1, -0.05) is 399 Å². The van der Waals surface area contributed by atoms with Crippen molar-refractivity contribution in [2.75, 3.05) is 26.4 Å². The summed E-state index contributed by atoms with van der Waals surface area (Å²) in [6.07, 6.45) is 55.1. The molecule has 0 aromatic carbocycles. The Morgan fingerprint density at radius 2 is 0.538 bits per heavy atom. The molecular weight excluding hydrogens is 1350 g/mol. The Bertz CT molecular complexity index is 1910. The van der Waals surface area contributed by atoms with Crippen LogP contribution < -0.4 is 5.32 Å². The van der Waals surface area contributed by atoms with Crippen LogP contribution in [0.2, 0.25) is 0 Å². The summed E-state index contributed by atoms with van der Waals surface area (Å²) < 4.78 is 34.6. The topological polar surface area (TPSA) is 307 Å². The lowest BCUT2D eigenvalue weighted by molar-refractivity contribution is -0.379. The van der Waals surface area contributed by atoms with Crippen LogP contribution in [0.1, 0.15) is 418 Å². The molecule has 17 unspecified atom stereocenters. The minimum Gasteiger partial charge on any atom is -0.394 e. The molecule has 0 radical (unpaired) electrons. The first-order valence-corrected chi connectivity index (χ1v) is 45.3. The largest absolute Gasteiger partial charge is 0.394 e. The van der Waals surface area contributed by atoms with Crippen molar-refractivity contribution in [2.45, 2.75) is 523 Å². The molecule has 3 aliphatic heterocycles. The Kier molecular flexibility index (Phi) is 63.7. The predicted octanol–water partition coefficient (Wildman–Crippen LogP) is 16.9. The van der Waals surface area contributed by atoms with Crippen molar-refractivity contribution in [1.82, 2.24) is 5.32 Å². The van der Waals surface area contributed by atoms with Gasteiger partial charge < -0.3 is 89.9 Å². The first kappa shape index (κ1) is 99.0. The van der Waals surface area contributed by atoms with E-state index < -0.39 is 124 Å². The van der Waals surface area contributed by atoms with Gasteiger partial charge in [-0.15, -0.1) is 0 Å². The van der Waals surface area contributed by atoms with Crippen molar-refractivity contribution < 1.29 is 89.4 Å². The molecule has 0 spiro atoms. The van der Waals surface area contributed by atoms with Crippen molar-refractivity contribution in [1.29, 1.82) is 0 Å². The third-order valence-electron chi connectivity index (χ3n) is 23.2. The summed E-state index contributed by atoms with van der Waals surface area (Å²) in [5.41, 5.74) is 0. The third-order valence-corrected chi connectivity index (χ3v) is 23.2. The Balaban J connectivity index is 1.31. The van der Waals surface area contributed by atoms with E-state index in [2.05, 4.69) is 19.2 Å². The van der Waals surface area contributed by atoms with Gasteiger partial charge in [0.25, 0.3) is 0 Å². The number of aliphatic hydroxyl groups excluding tert-OH is 11. The summed E-state index contributed by atoms with van der Waals surface area (Å²) in [6.45, 7) is 1.89. The number of unbranched alkanes of at least 4 members (excludes halogenated alkanes) is 59. The molecule has 0 aromatic rings. The molecule has 3 fully saturated rings. The number of nitrogens with one attached hydrogen (secondary N) is 1. The van der Waals surface area contributed by atoms with E-state index in [0.29, 0.717) is 12.8 Å². The summed E-state index contributed by atoms with van der Waals surface area (Å²) >= 11 is 0. The number of carbonyl (C=O) groups is 1. The van der Waals surface area contributed by atoms with Crippen LogP contribution >= 0.6 is 0 Å². The van der Waals surface area contributed by atoms with Crippen LogP contribution in [-0.2, 0) is 33.2 Å². The number of rotatable bonds is 75. The van der Waals surface area contributed by atoms with Crippen molar-refractivity contribution in [3.8, 4) is 0 Å². The van der Waals surface area contributed by atoms with E-state index in [4.69, 9.17) is 28.4 Å². The van der Waals surface area contributed by atoms with Gasteiger partial charge in [-0.3, -0.25) is 4.79 Å². The first-order chi connectivity index (χ1) is 51.8. The van der Waals surface area contributed by atoms with Gasteiger partial charge in [-0.25, -0.2) is 0 Å². The molecule has 12 N–H and O–H groups in total. The van der Waals surface area contributed by atoms with Gasteiger partial charge in [0, 0.05) is 6.42 Å². The SMILES string of the molecule is CCCCCCCCCCCCCCCCCCCCCCCCCCCCCCCCCCCCC(=O)NC(COC1OC(CO)C(OC2OC(CO)C(OC3OC(CO)C(O)C(O)C3O)C(O)C2O)C(O)C1O)C(O)CCCCCCCCCCCCCCCCCCCCCCCCCCCCC. The highest BCUT2D eigenvalue weighted by atomic mass is 16.8. The first-order valence-electron chi connectivity index (χ1n) is 45.3. The maximum Gasteiger partial charge on any atom is 0.220 e. The number of amides is 1. The summed E-state index contributed by atoms with van der Waals surface area (Å²) in [4.78, 5) is 13.5. The Labute approximate surface area is 646 Å². The molecule has 19 heteroatoms. The van der Waals surface area contributed by atoms with Gasteiger partial charge in [-0.05, 0) is 12.8 Å². The van der Waals surface area contributed by atoms with Crippen LogP contribution in [0, 0.1) is 0 Å². The molecule has 3 aliphatic rings. The van der Waals surface area contributed by atoms with Gasteiger partial charge in [-0.2, -0.15) is 0 Å². The average Bonchev–Trinajstić information content (AvgIpc) is 0.780. The van der Waals surface area contributed by atoms with Crippen LogP contribution in [0.3, 0.4) is 0 Å². The van der Waals surface area contributed by atoms with Gasteiger partial charge in [0.15, 0.2) is 18.9 Å². The highest BCUT2D eigenvalue weighted by molar-refractivity contribution is 5.76. The molecule has 0 aliphatic carbocycles. The lowest BCUT2D eigenvalue weighted by Gasteiger charge is -2.48. The maximum atomic E-state index is 13.5. The van der Waals surface area contributed by atoms with E-state index in [9.17, 15) is 61.0 Å². The minimum atomic E-state index is -1.97. The summed E-state index contributed by atoms with van der Waals surface area (Å²) in [5.74, 6) is -0.231. The molecule has 0 aromatic heterocycles. The molecule has 17 atom stereocenters. The van der Waals surface area contributed by atoms with Crippen LogP contribution in [0.15, 0.2) is 0 Å². The molecule has 0 bridgehead atoms. The molecule has 630 valence electrons. The average molecular weight is 1520 g/mol. The molecule has 0 saturated carbocycles. The molecule has 1 amide bonds. The zero-order valence-electron chi connectivity index (χ0n) is 68.0. The predicted molar refractivity (Wildman–Crippen MR) is 425 cm³/mol. The summed E-state index contributed by atoms with van der Waals surface area (Å²) in [7, 11) is 0. The molecular formula is C87H169NO18. The zero-order valence-corrected chi connectivity index (χ0v) is 68.0. The Morgan fingerprint density at radius 3 is 0.821 bits per heavy atom. The number of carbonyl (C=O) groups excluding carboxylic acids is 1. The second-order valence-electron chi connectivity index (χ2n) is 32.8. The maximum absolute atomic E-state index is 13.5. The van der Waals surface area contributed by atoms with E-state index in [1.165, 1.54) is 340 Å². The fourth-order valence-electron chi connectivity index (χ4n) is 16.0. The van der Waals surface area contributed by atoms with Gasteiger partial charge in [0.1, 0.15) is 73.2 Å². The van der Waals surface area contributed by atoms with Crippen molar-refractivity contribution in [3.63, 3.8) is 0 Å². The highest BCUT2D eigenvalue weighted by Crippen LogP contribution is 2.34. The molecule has 106 heavy (non-hydrogen) atoms. The number of ether oxygens (including phenoxy) is 6. The van der Waals surface area contributed by atoms with E-state index in [1.807, 2.05) is 0 Å². The lowest BCUT2D eigenvalue weighted by atomic mass is 9.96. The molecule has 19 nitrogen and oxygen atoms in total. The van der Waals surface area contributed by atoms with E-state index in [1.54, 1.807) is 0 Å². The van der Waals surface area contributed by atoms with Crippen LogP contribution in [-0.4, -0.2) is 193 Å². The van der Waals surface area contributed by atoms with E-state index in [-0.39, 0.29) is 18.9 Å². The van der Waals surface area contributed by atoms with Crippen molar-refractivity contribution >= 4 is 5.91 Å². The van der Waals surface area contributed by atoms with E-state index >= 15 is 0 Å². The standard InChI is InChI=1S/C87H169NO18/c1-3-5-7-9-11-13-15-17-19-21-23-25-27-29-31-32-33-34-35-36-37-39-41-43-45-47-49-51-53-55-57-59-61-63-65-75(93)88-70(71(92)64-62-60-58-56-54-52-50-48-46-44-42-40-38-30-28-26-24-22-20-18-16-14-12-10-8-6-4-2)69-101-85-81(99)78(96)83(73(67-90)103-85)106-87-82(100)79(97)84(74(68-91)104-87)105-86-80(98)77(95)76(94)72(66-89)102-86/h70-74,76-87,89-92,94-100H,3-69H2,1-2H3,(H,88,93). The fourth-order valence-corrected chi connectivity index (χ4v) is 16.0. The monoisotopic (exact) mass is 1520 g/mol. The second-order valence-corrected chi connectivity index (χ2v) is 32.8. The van der Waals surface area contributed by atoms with Crippen molar-refractivity contribution in [2.24, 2.45) is 0 Å². The van der Waals surface area contributed by atoms with Crippen LogP contribution in [0.4, 0.5) is 0 Å². The highest BCUT2D eigenvalue weighted by Gasteiger charge is 2.54. The fraction of sp³-hybridized carbons (Fsp3) is 0.989. The van der Waals surface area contributed by atoms with Crippen LogP contribution in [0.25, 0.3) is 0 Å². The minimum absolute atomic E-state index is 0.231. The zero-order chi connectivity index (χ0) is 76.7. The van der Waals surface area contributed by atoms with Gasteiger partial charge in [0.2, 0.25) is 5.91 Å². The molecule has 3 rings (SSSR count). The Morgan fingerprint density at radius 1 is 0.302 bits per heavy atom. The Hall–Kier alpha value is -1.21. The molecule has 3 saturated heterocycles. The van der Waals surface area contributed by atoms with E-state index in [0.717, 1.165) is 44.9 Å². The molecule has 3 heterocycles. The third kappa shape index (κ3) is 46.8. The van der Waals surface area contributed by atoms with Gasteiger partial charge >= 0.3 is 0 Å². The normalized spacial score (nSPS) is 25.5. The lowest BCUT2D eigenvalue weighted by Crippen LogP contribution is -2.66. The van der Waals surface area contributed by atoms with Crippen molar-refractivity contribution in [3.05, 3.63) is 0 Å². The summed E-state index contributed by atoms with van der Waals surface area (Å²) in [6, 6.07) is -0.884. The van der Waals surface area contributed by atoms with Crippen LogP contribution in [0.5, 0.6) is 0 Å². The quantitative estimate of drug-likeness (QED) is 0.0252.